The predicted molar refractivity (Wildman–Crippen MR) is 81.2 cm³/mol. The van der Waals surface area contributed by atoms with E-state index < -0.39 is 80.8 Å². The summed E-state index contributed by atoms with van der Waals surface area (Å²) in [4.78, 5) is 50.7. The van der Waals surface area contributed by atoms with Crippen LogP contribution in [0.4, 0.5) is 27.6 Å². The van der Waals surface area contributed by atoms with Crippen LogP contribution in [0.1, 0.15) is 26.7 Å². The fourth-order valence-corrected chi connectivity index (χ4v) is 4.80. The third-order valence-electron chi connectivity index (χ3n) is 6.42. The zero-order valence-corrected chi connectivity index (χ0v) is 14.5. The molecule has 1 saturated heterocycles. The van der Waals surface area contributed by atoms with Crippen LogP contribution in [0.2, 0.25) is 0 Å². The molecule has 0 unspecified atom stereocenters. The molecule has 1 heterocycles. The number of halogens is 5. The van der Waals surface area contributed by atoms with Crippen LogP contribution in [0.5, 0.6) is 0 Å². The second-order valence-corrected chi connectivity index (χ2v) is 7.92. The van der Waals surface area contributed by atoms with Crippen LogP contribution in [-0.2, 0) is 19.2 Å². The summed E-state index contributed by atoms with van der Waals surface area (Å²) in [6.45, 7) is 2.60. The first kappa shape index (κ1) is 18.7. The van der Waals surface area contributed by atoms with Crippen LogP contribution in [-0.4, -0.2) is 23.4 Å². The lowest BCUT2D eigenvalue weighted by Crippen LogP contribution is -2.62. The second kappa shape index (κ2) is 5.24. The number of fused-ring (bicyclic) bond motifs is 2. The van der Waals surface area contributed by atoms with Gasteiger partial charge in [-0.25, -0.2) is 26.9 Å². The van der Waals surface area contributed by atoms with Crippen molar-refractivity contribution in [1.29, 1.82) is 0 Å². The summed E-state index contributed by atoms with van der Waals surface area (Å²) in [6, 6.07) is 0. The summed E-state index contributed by atoms with van der Waals surface area (Å²) < 4.78 is 69.0. The molecule has 1 aromatic rings. The van der Waals surface area contributed by atoms with Crippen LogP contribution in [0.25, 0.3) is 0 Å². The molecule has 3 saturated carbocycles. The molecule has 5 nitrogen and oxygen atoms in total. The molecule has 148 valence electrons. The summed E-state index contributed by atoms with van der Waals surface area (Å²) in [5.74, 6) is -18.0. The quantitative estimate of drug-likeness (QED) is 0.314. The van der Waals surface area contributed by atoms with Crippen LogP contribution in [0.3, 0.4) is 0 Å². The zero-order valence-electron chi connectivity index (χ0n) is 14.5. The number of nitrogens with zero attached hydrogens (tertiary/aromatic N) is 1. The summed E-state index contributed by atoms with van der Waals surface area (Å²) >= 11 is 0. The molecule has 5 rings (SSSR count). The highest BCUT2D eigenvalue weighted by Gasteiger charge is 2.73. The van der Waals surface area contributed by atoms with Crippen molar-refractivity contribution < 1.29 is 41.1 Å². The molecule has 2 amide bonds. The number of ketones is 2. The molecule has 2 bridgehead atoms. The van der Waals surface area contributed by atoms with E-state index in [-0.39, 0.29) is 17.7 Å². The number of hydrogen-bond acceptors (Lipinski definition) is 4. The molecule has 0 aromatic heterocycles. The van der Waals surface area contributed by atoms with Gasteiger partial charge in [0.15, 0.2) is 23.3 Å². The number of carbonyl (C=O) groups excluding carboxylic acids is 4. The Labute approximate surface area is 154 Å². The molecule has 0 N–H and O–H groups in total. The number of hydrogen-bond donors (Lipinski definition) is 0. The van der Waals surface area contributed by atoms with E-state index in [1.807, 2.05) is 0 Å². The van der Waals surface area contributed by atoms with E-state index in [0.29, 0.717) is 0 Å². The Morgan fingerprint density at radius 2 is 1.00 bits per heavy atom. The van der Waals surface area contributed by atoms with E-state index in [1.165, 1.54) is 13.8 Å². The lowest BCUT2D eigenvalue weighted by Gasteiger charge is -2.53. The SMILES string of the molecule is C[C@]12CC(=O)[C@](C)(CC1=O)[C@H]1C(=O)N(c3c(F)c(F)c(F)c(F)c3F)C(=O)[C@H]12. The van der Waals surface area contributed by atoms with Gasteiger partial charge in [0, 0.05) is 23.7 Å². The normalized spacial score (nSPS) is 34.5. The van der Waals surface area contributed by atoms with Crippen molar-refractivity contribution in [1.82, 2.24) is 0 Å². The van der Waals surface area contributed by atoms with Crippen molar-refractivity contribution in [3.05, 3.63) is 29.1 Å². The number of rotatable bonds is 1. The Bertz CT molecular complexity index is 949. The maximum Gasteiger partial charge on any atom is 0.238 e. The fraction of sp³-hybridized carbons (Fsp3) is 0.444. The summed E-state index contributed by atoms with van der Waals surface area (Å²) in [6.07, 6.45) is -0.680. The topological polar surface area (TPSA) is 71.5 Å². The third-order valence-corrected chi connectivity index (χ3v) is 6.42. The van der Waals surface area contributed by atoms with E-state index in [0.717, 1.165) is 0 Å². The summed E-state index contributed by atoms with van der Waals surface area (Å²) in [5, 5.41) is 0. The van der Waals surface area contributed by atoms with Gasteiger partial charge in [-0.05, 0) is 0 Å². The van der Waals surface area contributed by atoms with Crippen LogP contribution in [0.15, 0.2) is 0 Å². The molecular weight excluding hydrogens is 389 g/mol. The molecule has 28 heavy (non-hydrogen) atoms. The van der Waals surface area contributed by atoms with Gasteiger partial charge in [0.25, 0.3) is 0 Å². The number of imide groups is 1. The van der Waals surface area contributed by atoms with Gasteiger partial charge in [0.1, 0.15) is 17.3 Å². The molecule has 4 fully saturated rings. The maximum absolute atomic E-state index is 14.2. The van der Waals surface area contributed by atoms with E-state index in [9.17, 15) is 41.1 Å². The van der Waals surface area contributed by atoms with Crippen LogP contribution >= 0.6 is 0 Å². The highest BCUT2D eigenvalue weighted by atomic mass is 19.2. The minimum absolute atomic E-state index is 0.0979. The largest absolute Gasteiger partial charge is 0.299 e. The van der Waals surface area contributed by atoms with Gasteiger partial charge in [-0.3, -0.25) is 19.2 Å². The lowest BCUT2D eigenvalue weighted by atomic mass is 9.45. The van der Waals surface area contributed by atoms with Gasteiger partial charge in [-0.1, -0.05) is 13.8 Å². The first-order valence-electron chi connectivity index (χ1n) is 8.33. The fourth-order valence-electron chi connectivity index (χ4n) is 4.80. The van der Waals surface area contributed by atoms with Crippen molar-refractivity contribution in [3.8, 4) is 0 Å². The smallest absolute Gasteiger partial charge is 0.238 e. The molecule has 0 radical (unpaired) electrons. The first-order chi connectivity index (χ1) is 12.9. The van der Waals surface area contributed by atoms with E-state index >= 15 is 0 Å². The number of carbonyl (C=O) groups is 4. The first-order valence-corrected chi connectivity index (χ1v) is 8.33. The van der Waals surface area contributed by atoms with Gasteiger partial charge >= 0.3 is 0 Å². The minimum atomic E-state index is -2.43. The highest BCUT2D eigenvalue weighted by molar-refractivity contribution is 6.26. The van der Waals surface area contributed by atoms with Crippen molar-refractivity contribution in [2.24, 2.45) is 22.7 Å². The van der Waals surface area contributed by atoms with Crippen molar-refractivity contribution in [3.63, 3.8) is 0 Å². The molecule has 4 atom stereocenters. The highest BCUT2D eigenvalue weighted by Crippen LogP contribution is 2.62. The van der Waals surface area contributed by atoms with Crippen LogP contribution < -0.4 is 4.90 Å². The molecule has 3 aliphatic carbocycles. The summed E-state index contributed by atoms with van der Waals surface area (Å²) in [7, 11) is 0. The van der Waals surface area contributed by atoms with Gasteiger partial charge in [-0.15, -0.1) is 0 Å². The predicted octanol–water partition coefficient (Wildman–Crippen LogP) is 2.45. The monoisotopic (exact) mass is 401 g/mol. The van der Waals surface area contributed by atoms with E-state index in [2.05, 4.69) is 0 Å². The molecule has 4 aliphatic rings. The van der Waals surface area contributed by atoms with Gasteiger partial charge in [0.05, 0.1) is 11.8 Å². The van der Waals surface area contributed by atoms with Crippen molar-refractivity contribution in [2.45, 2.75) is 26.7 Å². The Morgan fingerprint density at radius 1 is 0.679 bits per heavy atom. The number of amides is 2. The standard InChI is InChI=1S/C18H12F5NO4/c1-17-3-6(26)18(2,4-5(17)25)8-7(17)15(27)24(16(8)28)14-12(22)10(20)9(19)11(21)13(14)23/h7-8H,3-4H2,1-2H3/t7-,8+,17-,18-/m0/s1. The number of benzene rings is 1. The summed E-state index contributed by atoms with van der Waals surface area (Å²) in [5.41, 5.74) is -4.84. The second-order valence-electron chi connectivity index (χ2n) is 7.92. The van der Waals surface area contributed by atoms with Crippen molar-refractivity contribution in [2.75, 3.05) is 4.90 Å². The Hall–Kier alpha value is -2.65. The van der Waals surface area contributed by atoms with Gasteiger partial charge < -0.3 is 0 Å². The molecule has 10 heteroatoms. The van der Waals surface area contributed by atoms with Crippen molar-refractivity contribution >= 4 is 29.1 Å². The Kier molecular flexibility index (Phi) is 3.50. The third kappa shape index (κ3) is 1.85. The maximum atomic E-state index is 14.2. The molecular formula is C18H12F5NO4. The zero-order chi connectivity index (χ0) is 20.9. The molecule has 1 aliphatic heterocycles. The Morgan fingerprint density at radius 3 is 1.36 bits per heavy atom. The average molecular weight is 401 g/mol. The van der Waals surface area contributed by atoms with Crippen LogP contribution in [0, 0.1) is 51.8 Å². The van der Waals surface area contributed by atoms with Gasteiger partial charge in [-0.2, -0.15) is 0 Å². The minimum Gasteiger partial charge on any atom is -0.299 e. The molecule has 0 spiro atoms. The Balaban J connectivity index is 1.96. The number of Topliss-reactive ketones (excluding diaryl/α,β-unsaturated/α-hetero) is 2. The number of anilines is 1. The average Bonchev–Trinajstić information content (AvgIpc) is 2.89. The lowest BCUT2D eigenvalue weighted by molar-refractivity contribution is -0.172. The molecule has 1 aromatic carbocycles. The van der Waals surface area contributed by atoms with E-state index in [4.69, 9.17) is 0 Å². The van der Waals surface area contributed by atoms with E-state index in [1.54, 1.807) is 0 Å². The van der Waals surface area contributed by atoms with Gasteiger partial charge in [0.2, 0.25) is 17.6 Å².